The van der Waals surface area contributed by atoms with Crippen molar-refractivity contribution in [2.45, 2.75) is 6.18 Å². The maximum atomic E-state index is 12.7. The van der Waals surface area contributed by atoms with Crippen molar-refractivity contribution in [2.75, 3.05) is 0 Å². The molecule has 0 aliphatic rings. The summed E-state index contributed by atoms with van der Waals surface area (Å²) < 4.78 is 48.4. The monoisotopic (exact) mass is 351 g/mol. The lowest BCUT2D eigenvalue weighted by Gasteiger charge is -2.10. The van der Waals surface area contributed by atoms with Crippen LogP contribution >= 0.6 is 0 Å². The van der Waals surface area contributed by atoms with Crippen LogP contribution in [0.3, 0.4) is 0 Å². The van der Waals surface area contributed by atoms with Gasteiger partial charge in [0.2, 0.25) is 5.75 Å². The van der Waals surface area contributed by atoms with Gasteiger partial charge in [0.25, 0.3) is 0 Å². The number of rotatable bonds is 3. The van der Waals surface area contributed by atoms with Gasteiger partial charge in [-0.05, 0) is 30.3 Å². The Morgan fingerprint density at radius 1 is 1.04 bits per heavy atom. The Kier molecular flexibility index (Phi) is 3.91. The lowest BCUT2D eigenvalue weighted by atomic mass is 10.2. The number of benzene rings is 2. The first-order chi connectivity index (χ1) is 11.7. The summed E-state index contributed by atoms with van der Waals surface area (Å²) in [5.41, 5.74) is -2.40. The molecule has 0 saturated heterocycles. The second kappa shape index (κ2) is 5.93. The van der Waals surface area contributed by atoms with Crippen LogP contribution in [0.2, 0.25) is 0 Å². The summed E-state index contributed by atoms with van der Waals surface area (Å²) in [5.74, 6) is -0.291. The number of fused-ring (bicyclic) bond motifs is 1. The van der Waals surface area contributed by atoms with Crippen LogP contribution in [-0.2, 0) is 6.18 Å². The molecule has 9 heteroatoms. The average molecular weight is 351 g/mol. The highest BCUT2D eigenvalue weighted by molar-refractivity contribution is 5.77. The Labute approximate surface area is 137 Å². The Bertz CT molecular complexity index is 1030. The summed E-state index contributed by atoms with van der Waals surface area (Å²) in [5, 5.41) is 11.6. The van der Waals surface area contributed by atoms with E-state index in [2.05, 4.69) is 0 Å². The topological polar surface area (TPSA) is 82.6 Å². The summed E-state index contributed by atoms with van der Waals surface area (Å²) in [7, 11) is 0. The van der Waals surface area contributed by atoms with Gasteiger partial charge in [-0.1, -0.05) is 0 Å². The molecule has 3 rings (SSSR count). The van der Waals surface area contributed by atoms with Gasteiger partial charge in [-0.15, -0.1) is 0 Å². The number of nitro groups is 1. The fourth-order valence-corrected chi connectivity index (χ4v) is 2.15. The third-order valence-electron chi connectivity index (χ3n) is 3.31. The van der Waals surface area contributed by atoms with Gasteiger partial charge in [0.05, 0.1) is 10.5 Å². The Morgan fingerprint density at radius 2 is 1.76 bits per heavy atom. The van der Waals surface area contributed by atoms with Gasteiger partial charge in [-0.2, -0.15) is 13.2 Å². The van der Waals surface area contributed by atoms with Crippen LogP contribution in [0.4, 0.5) is 18.9 Å². The van der Waals surface area contributed by atoms with E-state index in [-0.39, 0.29) is 17.1 Å². The van der Waals surface area contributed by atoms with Crippen molar-refractivity contribution in [3.63, 3.8) is 0 Å². The van der Waals surface area contributed by atoms with Crippen molar-refractivity contribution >= 4 is 16.7 Å². The Hall–Kier alpha value is -3.36. The fourth-order valence-electron chi connectivity index (χ4n) is 2.15. The molecular weight excluding hydrogens is 343 g/mol. The molecule has 0 N–H and O–H groups in total. The van der Waals surface area contributed by atoms with Crippen LogP contribution in [0.25, 0.3) is 11.0 Å². The predicted octanol–water partition coefficient (Wildman–Crippen LogP) is 4.51. The Morgan fingerprint density at radius 3 is 2.44 bits per heavy atom. The van der Waals surface area contributed by atoms with E-state index in [1.807, 2.05) is 0 Å². The summed E-state index contributed by atoms with van der Waals surface area (Å²) in [6.45, 7) is 0. The maximum absolute atomic E-state index is 12.7. The largest absolute Gasteiger partial charge is 0.450 e. The molecule has 0 unspecified atom stereocenters. The van der Waals surface area contributed by atoms with Crippen molar-refractivity contribution in [1.29, 1.82) is 0 Å². The van der Waals surface area contributed by atoms with Crippen LogP contribution in [-0.4, -0.2) is 4.92 Å². The first kappa shape index (κ1) is 16.5. The SMILES string of the molecule is O=c1ccc2ccc(Oc3ccc(C(F)(F)F)cc3[N+](=O)[O-])cc2o1. The summed E-state index contributed by atoms with van der Waals surface area (Å²) in [6, 6.07) is 9.01. The molecule has 0 bridgehead atoms. The van der Waals surface area contributed by atoms with Gasteiger partial charge in [-0.25, -0.2) is 4.79 Å². The zero-order valence-electron chi connectivity index (χ0n) is 12.2. The Balaban J connectivity index is 2.02. The minimum Gasteiger partial charge on any atom is -0.450 e. The maximum Gasteiger partial charge on any atom is 0.416 e. The van der Waals surface area contributed by atoms with Crippen molar-refractivity contribution < 1.29 is 27.2 Å². The van der Waals surface area contributed by atoms with Crippen LogP contribution in [0.1, 0.15) is 5.56 Å². The van der Waals surface area contributed by atoms with E-state index >= 15 is 0 Å². The number of ether oxygens (including phenoxy) is 1. The van der Waals surface area contributed by atoms with E-state index in [1.54, 1.807) is 6.07 Å². The number of nitrogens with zero attached hydrogens (tertiary/aromatic N) is 1. The molecule has 0 aliphatic heterocycles. The molecule has 2 aromatic carbocycles. The molecular formula is C16H8F3NO5. The third-order valence-corrected chi connectivity index (χ3v) is 3.31. The molecule has 25 heavy (non-hydrogen) atoms. The lowest BCUT2D eigenvalue weighted by Crippen LogP contribution is -2.06. The number of nitro benzene ring substituents is 1. The number of hydrogen-bond donors (Lipinski definition) is 0. The zero-order valence-corrected chi connectivity index (χ0v) is 12.2. The number of hydrogen-bond acceptors (Lipinski definition) is 5. The second-order valence-corrected chi connectivity index (χ2v) is 4.99. The first-order valence-corrected chi connectivity index (χ1v) is 6.81. The van der Waals surface area contributed by atoms with Gasteiger partial charge in [0.15, 0.2) is 0 Å². The zero-order chi connectivity index (χ0) is 18.2. The highest BCUT2D eigenvalue weighted by atomic mass is 19.4. The first-order valence-electron chi connectivity index (χ1n) is 6.81. The van der Waals surface area contributed by atoms with E-state index in [4.69, 9.17) is 9.15 Å². The van der Waals surface area contributed by atoms with Gasteiger partial charge >= 0.3 is 17.5 Å². The van der Waals surface area contributed by atoms with Crippen molar-refractivity contribution in [3.05, 3.63) is 74.6 Å². The van der Waals surface area contributed by atoms with Crippen LogP contribution < -0.4 is 10.4 Å². The normalized spacial score (nSPS) is 11.5. The number of alkyl halides is 3. The van der Waals surface area contributed by atoms with Crippen LogP contribution in [0, 0.1) is 10.1 Å². The van der Waals surface area contributed by atoms with E-state index in [9.17, 15) is 28.1 Å². The molecule has 128 valence electrons. The summed E-state index contributed by atoms with van der Waals surface area (Å²) >= 11 is 0. The number of halogens is 3. The van der Waals surface area contributed by atoms with E-state index in [1.165, 1.54) is 24.3 Å². The molecule has 1 heterocycles. The summed E-state index contributed by atoms with van der Waals surface area (Å²) in [6.07, 6.45) is -4.71. The van der Waals surface area contributed by atoms with Gasteiger partial charge in [0, 0.05) is 23.6 Å². The van der Waals surface area contributed by atoms with Crippen LogP contribution in [0.15, 0.2) is 57.7 Å². The molecule has 0 aliphatic carbocycles. The van der Waals surface area contributed by atoms with E-state index in [0.29, 0.717) is 17.5 Å². The average Bonchev–Trinajstić information content (AvgIpc) is 2.53. The molecule has 0 fully saturated rings. The molecule has 0 atom stereocenters. The third kappa shape index (κ3) is 3.44. The van der Waals surface area contributed by atoms with Crippen LogP contribution in [0.5, 0.6) is 11.5 Å². The van der Waals surface area contributed by atoms with Gasteiger partial charge in [-0.3, -0.25) is 10.1 Å². The second-order valence-electron chi connectivity index (χ2n) is 4.99. The molecule has 0 saturated carbocycles. The molecule has 3 aromatic rings. The fraction of sp³-hybridized carbons (Fsp3) is 0.0625. The minimum absolute atomic E-state index is 0.0738. The lowest BCUT2D eigenvalue weighted by molar-refractivity contribution is -0.385. The van der Waals surface area contributed by atoms with Gasteiger partial charge < -0.3 is 9.15 Å². The van der Waals surface area contributed by atoms with E-state index in [0.717, 1.165) is 6.07 Å². The van der Waals surface area contributed by atoms with Gasteiger partial charge in [0.1, 0.15) is 11.3 Å². The highest BCUT2D eigenvalue weighted by Crippen LogP contribution is 2.38. The minimum atomic E-state index is -4.71. The molecule has 6 nitrogen and oxygen atoms in total. The molecule has 0 spiro atoms. The standard InChI is InChI=1S/C16H8F3NO5/c17-16(18,19)10-3-5-13(12(7-10)20(22)23)24-11-4-1-9-2-6-15(21)25-14(9)8-11/h1-8H. The molecule has 1 aromatic heterocycles. The smallest absolute Gasteiger partial charge is 0.416 e. The molecule has 0 amide bonds. The summed E-state index contributed by atoms with van der Waals surface area (Å²) in [4.78, 5) is 21.3. The quantitative estimate of drug-likeness (QED) is 0.394. The highest BCUT2D eigenvalue weighted by Gasteiger charge is 2.33. The molecule has 0 radical (unpaired) electrons. The van der Waals surface area contributed by atoms with Crippen molar-refractivity contribution in [3.8, 4) is 11.5 Å². The van der Waals surface area contributed by atoms with Crippen molar-refractivity contribution in [1.82, 2.24) is 0 Å². The van der Waals surface area contributed by atoms with E-state index < -0.39 is 28.0 Å². The van der Waals surface area contributed by atoms with Crippen molar-refractivity contribution in [2.24, 2.45) is 0 Å². The predicted molar refractivity (Wildman–Crippen MR) is 80.7 cm³/mol.